The van der Waals surface area contributed by atoms with Crippen LogP contribution in [0.3, 0.4) is 0 Å². The Morgan fingerprint density at radius 1 is 0.692 bits per heavy atom. The molecule has 0 aromatic heterocycles. The normalized spacial score (nSPS) is 12.0. The fourth-order valence-electron chi connectivity index (χ4n) is 0.750. The van der Waals surface area contributed by atoms with Crippen molar-refractivity contribution in [3.8, 4) is 0 Å². The van der Waals surface area contributed by atoms with Gasteiger partial charge in [0, 0.05) is 0 Å². The molecular weight excluding hydrogens is 370 g/mol. The summed E-state index contributed by atoms with van der Waals surface area (Å²) in [7, 11) is 0. The van der Waals surface area contributed by atoms with Gasteiger partial charge in [-0.05, 0) is 0 Å². The molecule has 0 bridgehead atoms. The van der Waals surface area contributed by atoms with E-state index in [4.69, 9.17) is 0 Å². The zero-order chi connectivity index (χ0) is 11.1. The summed E-state index contributed by atoms with van der Waals surface area (Å²) in [5.41, 5.74) is 0. The summed E-state index contributed by atoms with van der Waals surface area (Å²) in [6.45, 7) is 4.58. The molecule has 0 spiro atoms. The number of rotatable bonds is 3. The first-order chi connectivity index (χ1) is 5.62. The summed E-state index contributed by atoms with van der Waals surface area (Å²) < 4.78 is 3.03. The molecule has 0 nitrogen and oxygen atoms in total. The molecule has 0 fully saturated rings. The van der Waals surface area contributed by atoms with E-state index >= 15 is 0 Å². The van der Waals surface area contributed by atoms with Gasteiger partial charge in [-0.1, -0.05) is 0 Å². The van der Waals surface area contributed by atoms with Crippen LogP contribution in [0.25, 0.3) is 0 Å². The van der Waals surface area contributed by atoms with Gasteiger partial charge >= 0.3 is 95.5 Å². The molecule has 2 heteroatoms. The fraction of sp³-hybridized carbons (Fsp3) is 1.00. The van der Waals surface area contributed by atoms with Crippen LogP contribution in [0.2, 0.25) is 38.5 Å². The Kier molecular flexibility index (Phi) is 10.2. The van der Waals surface area contributed by atoms with Gasteiger partial charge in [0.2, 0.25) is 0 Å². The second kappa shape index (κ2) is 7.83. The summed E-state index contributed by atoms with van der Waals surface area (Å²) >= 11 is -2.51. The molecule has 82 valence electrons. The molecule has 0 aromatic carbocycles. The quantitative estimate of drug-likeness (QED) is 0.581. The first-order valence-electron chi connectivity index (χ1n) is 5.62. The minimum absolute atomic E-state index is 1.23. The molecule has 0 heterocycles. The molecule has 0 aliphatic heterocycles. The average Bonchev–Trinajstić information content (AvgIpc) is 1.84. The Labute approximate surface area is 94.6 Å². The third kappa shape index (κ3) is 24.7. The summed E-state index contributed by atoms with van der Waals surface area (Å²) in [6, 6.07) is 0. The molecule has 0 saturated heterocycles. The van der Waals surface area contributed by atoms with Gasteiger partial charge in [-0.2, -0.15) is 0 Å². The van der Waals surface area contributed by atoms with Gasteiger partial charge in [0.25, 0.3) is 0 Å². The molecule has 0 amide bonds. The van der Waals surface area contributed by atoms with Gasteiger partial charge in [-0.3, -0.25) is 0 Å². The molecule has 0 aliphatic carbocycles. The van der Waals surface area contributed by atoms with Gasteiger partial charge < -0.3 is 0 Å². The van der Waals surface area contributed by atoms with Crippen LogP contribution in [-0.4, -0.2) is 36.8 Å². The Bertz CT molecular complexity index is 106. The van der Waals surface area contributed by atoms with Crippen molar-refractivity contribution in [1.82, 2.24) is 0 Å². The maximum atomic E-state index is 2.48. The van der Waals surface area contributed by atoms with Crippen molar-refractivity contribution in [3.63, 3.8) is 0 Å². The van der Waals surface area contributed by atoms with Crippen LogP contribution in [0.5, 0.6) is 0 Å². The van der Waals surface area contributed by atoms with Crippen molar-refractivity contribution in [2.75, 3.05) is 0 Å². The first kappa shape index (κ1) is 17.0. The summed E-state index contributed by atoms with van der Waals surface area (Å²) in [5.74, 6) is 0. The van der Waals surface area contributed by atoms with E-state index in [1.165, 1.54) is 10.9 Å². The van der Waals surface area contributed by atoms with Gasteiger partial charge in [0.05, 0.1) is 0 Å². The van der Waals surface area contributed by atoms with Crippen LogP contribution in [0.1, 0.15) is 20.3 Å². The maximum absolute atomic E-state index is 2.48. The van der Waals surface area contributed by atoms with Crippen LogP contribution in [0.4, 0.5) is 0 Å². The SMILES string of the molecule is CC[CH2][Sn]([CH3])([CH3])[CH3].C[CH2][Sn]([CH3])([CH3])[CH3]. The van der Waals surface area contributed by atoms with Gasteiger partial charge in [-0.25, -0.2) is 0 Å². The monoisotopic (exact) mass is 402 g/mol. The molecule has 0 saturated carbocycles. The summed E-state index contributed by atoms with van der Waals surface area (Å²) in [5, 5.41) is 0. The molecule has 0 unspecified atom stereocenters. The van der Waals surface area contributed by atoms with Crippen molar-refractivity contribution in [1.29, 1.82) is 0 Å². The fourth-order valence-corrected chi connectivity index (χ4v) is 5.03. The van der Waals surface area contributed by atoms with Crippen LogP contribution in [0, 0.1) is 0 Å². The molecule has 0 radical (unpaired) electrons. The zero-order valence-corrected chi connectivity index (χ0v) is 16.8. The van der Waals surface area contributed by atoms with E-state index in [0.29, 0.717) is 0 Å². The topological polar surface area (TPSA) is 0 Å². The van der Waals surface area contributed by atoms with E-state index in [-0.39, 0.29) is 0 Å². The van der Waals surface area contributed by atoms with Crippen molar-refractivity contribution in [3.05, 3.63) is 0 Å². The number of hydrogen-bond acceptors (Lipinski definition) is 0. The zero-order valence-electron chi connectivity index (χ0n) is 11.1. The van der Waals surface area contributed by atoms with Gasteiger partial charge in [-0.15, -0.1) is 0 Å². The van der Waals surface area contributed by atoms with E-state index in [2.05, 4.69) is 43.5 Å². The van der Waals surface area contributed by atoms with E-state index < -0.39 is 36.8 Å². The molecule has 0 N–H and O–H groups in total. The van der Waals surface area contributed by atoms with Crippen LogP contribution >= 0.6 is 0 Å². The molecule has 0 aromatic rings. The van der Waals surface area contributed by atoms with E-state index in [1.54, 1.807) is 4.44 Å². The third-order valence-corrected chi connectivity index (χ3v) is 13.8. The van der Waals surface area contributed by atoms with Crippen molar-refractivity contribution in [2.24, 2.45) is 0 Å². The van der Waals surface area contributed by atoms with Gasteiger partial charge in [0.1, 0.15) is 0 Å². The summed E-state index contributed by atoms with van der Waals surface area (Å²) in [6.07, 6.45) is 1.40. The first-order valence-corrected chi connectivity index (χ1v) is 26.8. The predicted molar refractivity (Wildman–Crippen MR) is 72.3 cm³/mol. The molecule has 13 heavy (non-hydrogen) atoms. The van der Waals surface area contributed by atoms with Crippen LogP contribution in [-0.2, 0) is 0 Å². The Morgan fingerprint density at radius 2 is 1.00 bits per heavy atom. The average molecular weight is 400 g/mol. The van der Waals surface area contributed by atoms with Crippen molar-refractivity contribution >= 4 is 36.8 Å². The second-order valence-electron chi connectivity index (χ2n) is 6.22. The minimum atomic E-state index is -1.28. The van der Waals surface area contributed by atoms with E-state index in [9.17, 15) is 0 Å². The third-order valence-electron chi connectivity index (χ3n) is 2.06. The summed E-state index contributed by atoms with van der Waals surface area (Å²) in [4.78, 5) is 14.8. The second-order valence-corrected chi connectivity index (χ2v) is 38.9. The Morgan fingerprint density at radius 3 is 1.00 bits per heavy atom. The molecule has 0 atom stereocenters. The number of hydrogen-bond donors (Lipinski definition) is 0. The Balaban J connectivity index is 0. The van der Waals surface area contributed by atoms with Crippen LogP contribution < -0.4 is 0 Å². The van der Waals surface area contributed by atoms with Gasteiger partial charge in [0.15, 0.2) is 0 Å². The Hall–Kier alpha value is 1.60. The van der Waals surface area contributed by atoms with E-state index in [0.717, 1.165) is 0 Å². The molecule has 0 aliphatic rings. The molecule has 0 rings (SSSR count). The standard InChI is InChI=1S/C3H7.C2H5.6CH3.2Sn/c1-3-2;1-2;;;;;;;;/h1,3H2,2H3;1H2,2H3;6*1H3;;. The van der Waals surface area contributed by atoms with Crippen LogP contribution in [0.15, 0.2) is 0 Å². The predicted octanol–water partition coefficient (Wildman–Crippen LogP) is 5.08. The molecular formula is C11H30Sn2. The van der Waals surface area contributed by atoms with Crippen molar-refractivity contribution in [2.45, 2.75) is 58.8 Å². The van der Waals surface area contributed by atoms with E-state index in [1.807, 2.05) is 0 Å². The van der Waals surface area contributed by atoms with Crippen molar-refractivity contribution < 1.29 is 0 Å².